The van der Waals surface area contributed by atoms with Gasteiger partial charge in [-0.25, -0.2) is 0 Å². The van der Waals surface area contributed by atoms with Crippen LogP contribution in [0.15, 0.2) is 0 Å². The maximum Gasteiger partial charge on any atom is 0.267 e. The van der Waals surface area contributed by atoms with Crippen LogP contribution in [-0.2, 0) is 6.42 Å². The first kappa shape index (κ1) is 11.5. The third kappa shape index (κ3) is 2.22. The maximum absolute atomic E-state index is 12.1. The highest BCUT2D eigenvalue weighted by Crippen LogP contribution is 2.18. The fourth-order valence-corrected chi connectivity index (χ4v) is 2.60. The van der Waals surface area contributed by atoms with Gasteiger partial charge in [-0.1, -0.05) is 11.4 Å². The standard InChI is InChI=1S/C10H15N3O2S/c1-2-8-9(16-12-11-8)10(15)13-5-3-4-7(14)6-13/h7,14H,2-6H2,1H3/t7-/m0/s1. The van der Waals surface area contributed by atoms with E-state index in [0.717, 1.165) is 36.6 Å². The normalized spacial score (nSPS) is 21.1. The van der Waals surface area contributed by atoms with E-state index in [1.807, 2.05) is 6.92 Å². The number of carbonyl (C=O) groups excluding carboxylic acids is 1. The molecular weight excluding hydrogens is 226 g/mol. The summed E-state index contributed by atoms with van der Waals surface area (Å²) in [4.78, 5) is 14.5. The summed E-state index contributed by atoms with van der Waals surface area (Å²) >= 11 is 1.14. The van der Waals surface area contributed by atoms with Crippen molar-refractivity contribution in [2.75, 3.05) is 13.1 Å². The van der Waals surface area contributed by atoms with Crippen LogP contribution < -0.4 is 0 Å². The van der Waals surface area contributed by atoms with Crippen molar-refractivity contribution >= 4 is 17.4 Å². The average molecular weight is 241 g/mol. The van der Waals surface area contributed by atoms with E-state index in [1.165, 1.54) is 0 Å². The molecule has 6 heteroatoms. The highest BCUT2D eigenvalue weighted by atomic mass is 32.1. The Hall–Kier alpha value is -1.01. The van der Waals surface area contributed by atoms with Crippen LogP contribution in [-0.4, -0.2) is 44.7 Å². The van der Waals surface area contributed by atoms with Crippen molar-refractivity contribution in [1.29, 1.82) is 0 Å². The SMILES string of the molecule is CCc1nnsc1C(=O)N1CCC[C@H](O)C1. The second-order valence-corrected chi connectivity index (χ2v) is 4.70. The molecule has 1 aromatic rings. The number of nitrogens with zero attached hydrogens (tertiary/aromatic N) is 3. The van der Waals surface area contributed by atoms with E-state index in [0.29, 0.717) is 17.8 Å². The van der Waals surface area contributed by atoms with Crippen molar-refractivity contribution in [3.8, 4) is 0 Å². The first-order chi connectivity index (χ1) is 7.72. The molecule has 1 N–H and O–H groups in total. The van der Waals surface area contributed by atoms with Crippen LogP contribution in [0.1, 0.15) is 35.1 Å². The van der Waals surface area contributed by atoms with E-state index in [-0.39, 0.29) is 12.0 Å². The van der Waals surface area contributed by atoms with E-state index < -0.39 is 0 Å². The third-order valence-corrected chi connectivity index (χ3v) is 3.52. The molecule has 1 amide bonds. The predicted octanol–water partition coefficient (Wildman–Crippen LogP) is 0.697. The molecule has 0 radical (unpaired) electrons. The van der Waals surface area contributed by atoms with Crippen molar-refractivity contribution in [3.63, 3.8) is 0 Å². The summed E-state index contributed by atoms with van der Waals surface area (Å²) in [5.41, 5.74) is 0.759. The van der Waals surface area contributed by atoms with Crippen LogP contribution in [0.5, 0.6) is 0 Å². The minimum absolute atomic E-state index is 0.0365. The molecule has 1 atom stereocenters. The fraction of sp³-hybridized carbons (Fsp3) is 0.700. The molecule has 2 rings (SSSR count). The van der Waals surface area contributed by atoms with Crippen LogP contribution in [0, 0.1) is 0 Å². The molecule has 1 aromatic heterocycles. The Bertz CT molecular complexity index is 380. The lowest BCUT2D eigenvalue weighted by atomic mass is 10.1. The predicted molar refractivity (Wildman–Crippen MR) is 60.4 cm³/mol. The van der Waals surface area contributed by atoms with E-state index >= 15 is 0 Å². The molecule has 5 nitrogen and oxygen atoms in total. The van der Waals surface area contributed by atoms with E-state index in [2.05, 4.69) is 9.59 Å². The molecule has 1 fully saturated rings. The van der Waals surface area contributed by atoms with Crippen molar-refractivity contribution in [2.24, 2.45) is 0 Å². The van der Waals surface area contributed by atoms with Gasteiger partial charge >= 0.3 is 0 Å². The number of hydrogen-bond acceptors (Lipinski definition) is 5. The van der Waals surface area contributed by atoms with Crippen LogP contribution in [0.2, 0.25) is 0 Å². The average Bonchev–Trinajstić information content (AvgIpc) is 2.76. The first-order valence-corrected chi connectivity index (χ1v) is 6.28. The minimum atomic E-state index is -0.386. The number of aliphatic hydroxyl groups excluding tert-OH is 1. The number of piperidine rings is 1. The van der Waals surface area contributed by atoms with Crippen LogP contribution in [0.25, 0.3) is 0 Å². The highest BCUT2D eigenvalue weighted by molar-refractivity contribution is 7.08. The lowest BCUT2D eigenvalue weighted by Gasteiger charge is -2.29. The Morgan fingerprint density at radius 3 is 3.19 bits per heavy atom. The Morgan fingerprint density at radius 2 is 2.50 bits per heavy atom. The lowest BCUT2D eigenvalue weighted by molar-refractivity contribution is 0.0476. The molecule has 0 spiro atoms. The molecule has 1 aliphatic heterocycles. The number of rotatable bonds is 2. The molecule has 0 unspecified atom stereocenters. The Kier molecular flexibility index (Phi) is 3.50. The summed E-state index contributed by atoms with van der Waals surface area (Å²) < 4.78 is 3.81. The highest BCUT2D eigenvalue weighted by Gasteiger charge is 2.26. The number of β-amino-alcohol motifs (C(OH)–C–C–N with tert-alkyl or cyclic N) is 1. The Morgan fingerprint density at radius 1 is 1.69 bits per heavy atom. The molecule has 0 aromatic carbocycles. The van der Waals surface area contributed by atoms with Gasteiger partial charge in [-0.3, -0.25) is 4.79 Å². The van der Waals surface area contributed by atoms with Crippen LogP contribution in [0.3, 0.4) is 0 Å². The molecule has 0 bridgehead atoms. The molecule has 2 heterocycles. The van der Waals surface area contributed by atoms with Crippen molar-refractivity contribution in [2.45, 2.75) is 32.3 Å². The van der Waals surface area contributed by atoms with Gasteiger partial charge < -0.3 is 10.0 Å². The monoisotopic (exact) mass is 241 g/mol. The zero-order valence-electron chi connectivity index (χ0n) is 9.22. The van der Waals surface area contributed by atoms with Gasteiger partial charge in [0.25, 0.3) is 5.91 Å². The van der Waals surface area contributed by atoms with Gasteiger partial charge in [0.1, 0.15) is 4.88 Å². The zero-order chi connectivity index (χ0) is 11.5. The van der Waals surface area contributed by atoms with Gasteiger partial charge in [0.05, 0.1) is 11.8 Å². The van der Waals surface area contributed by atoms with Gasteiger partial charge in [0.15, 0.2) is 0 Å². The van der Waals surface area contributed by atoms with Crippen LogP contribution >= 0.6 is 11.5 Å². The number of aliphatic hydroxyl groups is 1. The Balaban J connectivity index is 2.12. The van der Waals surface area contributed by atoms with Gasteiger partial charge in [-0.15, -0.1) is 5.10 Å². The summed E-state index contributed by atoms with van der Waals surface area (Å²) in [7, 11) is 0. The van der Waals surface area contributed by atoms with Crippen molar-refractivity contribution < 1.29 is 9.90 Å². The number of likely N-dealkylation sites (tertiary alicyclic amines) is 1. The molecular formula is C10H15N3O2S. The smallest absolute Gasteiger partial charge is 0.267 e. The third-order valence-electron chi connectivity index (χ3n) is 2.77. The summed E-state index contributed by atoms with van der Waals surface area (Å²) in [5, 5.41) is 13.5. The second-order valence-electron chi connectivity index (χ2n) is 3.95. The number of amides is 1. The largest absolute Gasteiger partial charge is 0.391 e. The minimum Gasteiger partial charge on any atom is -0.391 e. The lowest BCUT2D eigenvalue weighted by Crippen LogP contribution is -2.42. The number of aromatic nitrogens is 2. The van der Waals surface area contributed by atoms with Crippen molar-refractivity contribution in [1.82, 2.24) is 14.5 Å². The summed E-state index contributed by atoms with van der Waals surface area (Å²) in [6.07, 6.45) is 1.98. The van der Waals surface area contributed by atoms with Gasteiger partial charge in [-0.05, 0) is 30.8 Å². The number of hydrogen-bond donors (Lipinski definition) is 1. The molecule has 88 valence electrons. The number of carbonyl (C=O) groups is 1. The van der Waals surface area contributed by atoms with Gasteiger partial charge in [-0.2, -0.15) is 0 Å². The molecule has 1 aliphatic rings. The summed E-state index contributed by atoms with van der Waals surface area (Å²) in [6.45, 7) is 3.11. The fourth-order valence-electron chi connectivity index (χ4n) is 1.89. The molecule has 0 aliphatic carbocycles. The quantitative estimate of drug-likeness (QED) is 0.827. The summed E-state index contributed by atoms with van der Waals surface area (Å²) in [5.74, 6) is -0.0365. The molecule has 0 saturated carbocycles. The maximum atomic E-state index is 12.1. The van der Waals surface area contributed by atoms with E-state index in [4.69, 9.17) is 0 Å². The first-order valence-electron chi connectivity index (χ1n) is 5.51. The zero-order valence-corrected chi connectivity index (χ0v) is 10.0. The van der Waals surface area contributed by atoms with E-state index in [1.54, 1.807) is 4.90 Å². The topological polar surface area (TPSA) is 66.3 Å². The van der Waals surface area contributed by atoms with Crippen LogP contribution in [0.4, 0.5) is 0 Å². The van der Waals surface area contributed by atoms with E-state index in [9.17, 15) is 9.90 Å². The number of aryl methyl sites for hydroxylation is 1. The molecule has 1 saturated heterocycles. The molecule has 16 heavy (non-hydrogen) atoms. The van der Waals surface area contributed by atoms with Gasteiger partial charge in [0, 0.05) is 13.1 Å². The van der Waals surface area contributed by atoms with Crippen molar-refractivity contribution in [3.05, 3.63) is 10.6 Å². The summed E-state index contributed by atoms with van der Waals surface area (Å²) in [6, 6.07) is 0. The Labute approximate surface area is 98.2 Å². The van der Waals surface area contributed by atoms with Gasteiger partial charge in [0.2, 0.25) is 0 Å². The second kappa shape index (κ2) is 4.88.